The minimum Gasteiger partial charge on any atom is -0.481 e. The summed E-state index contributed by atoms with van der Waals surface area (Å²) in [4.78, 5) is 23.7. The second-order valence-electron chi connectivity index (χ2n) is 7.90. The van der Waals surface area contributed by atoms with Crippen LogP contribution >= 0.6 is 11.8 Å². The highest BCUT2D eigenvalue weighted by Gasteiger charge is 2.18. The van der Waals surface area contributed by atoms with Crippen molar-refractivity contribution in [1.29, 1.82) is 0 Å². The Morgan fingerprint density at radius 3 is 2.39 bits per heavy atom. The highest BCUT2D eigenvalue weighted by atomic mass is 32.2. The molecule has 4 nitrogen and oxygen atoms in total. The molecule has 0 fully saturated rings. The molecule has 4 aromatic rings. The molecule has 5 heteroatoms. The zero-order chi connectivity index (χ0) is 23.4. The monoisotopic (exact) mass is 452 g/mol. The summed E-state index contributed by atoms with van der Waals surface area (Å²) in [7, 11) is 0. The largest absolute Gasteiger partial charge is 0.481 e. The molecule has 0 aliphatic rings. The molecule has 0 spiro atoms. The van der Waals surface area contributed by atoms with E-state index in [0.717, 1.165) is 15.8 Å². The fraction of sp³-hybridized carbons (Fsp3) is 0.179. The van der Waals surface area contributed by atoms with Gasteiger partial charge in [-0.2, -0.15) is 0 Å². The zero-order valence-electron chi connectivity index (χ0n) is 18.8. The smallest absolute Gasteiger partial charge is 0.230 e. The van der Waals surface area contributed by atoms with Crippen molar-refractivity contribution >= 4 is 28.4 Å². The molecule has 0 aliphatic carbocycles. The maximum atomic E-state index is 13.2. The first-order valence-corrected chi connectivity index (χ1v) is 11.9. The van der Waals surface area contributed by atoms with Crippen molar-refractivity contribution in [3.63, 3.8) is 0 Å². The van der Waals surface area contributed by atoms with Crippen LogP contribution in [0.3, 0.4) is 0 Å². The van der Waals surface area contributed by atoms with Crippen LogP contribution in [0, 0.1) is 12.3 Å². The number of hydrogen-bond acceptors (Lipinski definition) is 5. The summed E-state index contributed by atoms with van der Waals surface area (Å²) < 4.78 is 5.61. The molecule has 4 rings (SSSR count). The van der Waals surface area contributed by atoms with Gasteiger partial charge >= 0.3 is 0 Å². The Balaban J connectivity index is 1.85. The van der Waals surface area contributed by atoms with E-state index < -0.39 is 0 Å². The summed E-state index contributed by atoms with van der Waals surface area (Å²) in [6.07, 6.45) is 7.34. The lowest BCUT2D eigenvalue weighted by atomic mass is 9.99. The van der Waals surface area contributed by atoms with Gasteiger partial charge in [0.15, 0.2) is 0 Å². The summed E-state index contributed by atoms with van der Waals surface area (Å²) in [5.74, 6) is 3.49. The normalized spacial score (nSPS) is 10.9. The van der Waals surface area contributed by atoms with E-state index in [4.69, 9.17) is 16.1 Å². The number of carbonyl (C=O) groups is 1. The van der Waals surface area contributed by atoms with E-state index >= 15 is 0 Å². The average molecular weight is 453 g/mol. The Bertz CT molecular complexity index is 1340. The topological polar surface area (TPSA) is 52.1 Å². The molecular weight excluding hydrogens is 428 g/mol. The molecule has 164 valence electrons. The molecule has 0 atom stereocenters. The van der Waals surface area contributed by atoms with Crippen LogP contribution in [0.4, 0.5) is 0 Å². The zero-order valence-corrected chi connectivity index (χ0v) is 19.6. The van der Waals surface area contributed by atoms with E-state index in [1.54, 1.807) is 17.8 Å². The molecule has 33 heavy (non-hydrogen) atoms. The van der Waals surface area contributed by atoms with Gasteiger partial charge in [0.05, 0.1) is 11.2 Å². The number of aromatic nitrogens is 2. The number of thioether (sulfide) groups is 1. The number of carbonyl (C=O) groups excluding carboxylic acids is 1. The number of hydrogen-bond donors (Lipinski definition) is 0. The summed E-state index contributed by atoms with van der Waals surface area (Å²) in [6, 6.07) is 21.3. The molecule has 0 bridgehead atoms. The third kappa shape index (κ3) is 4.92. The number of terminal acetylenes is 1. The number of rotatable bonds is 7. The number of benzene rings is 3. The Kier molecular flexibility index (Phi) is 6.76. The summed E-state index contributed by atoms with van der Waals surface area (Å²) in [5.41, 5.74) is 4.06. The van der Waals surface area contributed by atoms with Crippen LogP contribution in [0.5, 0.6) is 5.75 Å². The van der Waals surface area contributed by atoms with Crippen LogP contribution in [0.15, 0.2) is 71.6 Å². The molecule has 1 heterocycles. The molecule has 0 saturated heterocycles. The van der Waals surface area contributed by atoms with Crippen molar-refractivity contribution in [3.8, 4) is 29.4 Å². The first-order valence-electron chi connectivity index (χ1n) is 10.7. The summed E-state index contributed by atoms with van der Waals surface area (Å²) in [5, 5.41) is 0.802. The predicted molar refractivity (Wildman–Crippen MR) is 135 cm³/mol. The van der Waals surface area contributed by atoms with Gasteiger partial charge in [0.2, 0.25) is 11.6 Å². The minimum absolute atomic E-state index is 0.166. The van der Waals surface area contributed by atoms with Gasteiger partial charge in [-0.3, -0.25) is 4.79 Å². The van der Waals surface area contributed by atoms with E-state index in [2.05, 4.69) is 36.9 Å². The minimum atomic E-state index is -0.211. The van der Waals surface area contributed by atoms with Gasteiger partial charge in [0.25, 0.3) is 0 Å². The first-order chi connectivity index (χ1) is 16.0. The van der Waals surface area contributed by atoms with Gasteiger partial charge in [-0.05, 0) is 60.2 Å². The van der Waals surface area contributed by atoms with E-state index in [0.29, 0.717) is 28.4 Å². The first kappa shape index (κ1) is 22.6. The third-order valence-electron chi connectivity index (χ3n) is 5.40. The van der Waals surface area contributed by atoms with Crippen LogP contribution in [-0.4, -0.2) is 28.6 Å². The third-order valence-corrected chi connectivity index (χ3v) is 6.14. The van der Waals surface area contributed by atoms with Crippen LogP contribution in [0.25, 0.3) is 22.2 Å². The van der Waals surface area contributed by atoms with E-state index in [1.807, 2.05) is 54.8 Å². The highest BCUT2D eigenvalue weighted by Crippen LogP contribution is 2.31. The molecule has 0 N–H and O–H groups in total. The fourth-order valence-corrected chi connectivity index (χ4v) is 3.95. The van der Waals surface area contributed by atoms with Gasteiger partial charge < -0.3 is 4.74 Å². The van der Waals surface area contributed by atoms with E-state index in [-0.39, 0.29) is 18.2 Å². The Hall–Kier alpha value is -3.62. The Morgan fingerprint density at radius 1 is 1.03 bits per heavy atom. The number of ketones is 1. The number of ether oxygens (including phenoxy) is 1. The Labute approximate surface area is 198 Å². The summed E-state index contributed by atoms with van der Waals surface area (Å²) in [6.45, 7) is 4.49. The molecule has 0 unspecified atom stereocenters. The van der Waals surface area contributed by atoms with Crippen LogP contribution in [-0.2, 0) is 0 Å². The van der Waals surface area contributed by atoms with E-state index in [9.17, 15) is 4.79 Å². The van der Waals surface area contributed by atoms with Crippen molar-refractivity contribution < 1.29 is 9.53 Å². The molecule has 3 aromatic carbocycles. The standard InChI is InChI=1S/C28H24N2O2S/c1-5-16-32-22-12-15-25-24(17-22)26(20-8-6-19(7-9-20)18(2)3)30-28(29-25)27(31)21-10-13-23(33-4)14-11-21/h1,6-15,17-18H,16H2,2-4H3. The van der Waals surface area contributed by atoms with Crippen molar-refractivity contribution in [2.75, 3.05) is 12.9 Å². The van der Waals surface area contributed by atoms with Crippen molar-refractivity contribution in [1.82, 2.24) is 9.97 Å². The van der Waals surface area contributed by atoms with Gasteiger partial charge in [-0.25, -0.2) is 9.97 Å². The SMILES string of the molecule is C#CCOc1ccc2nc(C(=O)c3ccc(SC)cc3)nc(-c3ccc(C(C)C)cc3)c2c1. The number of fused-ring (bicyclic) bond motifs is 1. The lowest BCUT2D eigenvalue weighted by molar-refractivity contribution is 0.103. The second-order valence-corrected chi connectivity index (χ2v) is 8.78. The molecular formula is C28H24N2O2S. The molecule has 0 radical (unpaired) electrons. The lowest BCUT2D eigenvalue weighted by Crippen LogP contribution is -2.09. The molecule has 0 amide bonds. The van der Waals surface area contributed by atoms with Crippen LogP contribution in [0.2, 0.25) is 0 Å². The molecule has 0 saturated carbocycles. The van der Waals surface area contributed by atoms with E-state index in [1.165, 1.54) is 5.56 Å². The van der Waals surface area contributed by atoms with Gasteiger partial charge in [-0.1, -0.05) is 44.0 Å². The quantitative estimate of drug-likeness (QED) is 0.185. The maximum Gasteiger partial charge on any atom is 0.230 e. The van der Waals surface area contributed by atoms with Crippen LogP contribution in [0.1, 0.15) is 41.5 Å². The van der Waals surface area contributed by atoms with Gasteiger partial charge in [0.1, 0.15) is 12.4 Å². The fourth-order valence-electron chi connectivity index (χ4n) is 3.54. The highest BCUT2D eigenvalue weighted by molar-refractivity contribution is 7.98. The predicted octanol–water partition coefficient (Wildman–Crippen LogP) is 6.39. The maximum absolute atomic E-state index is 13.2. The lowest BCUT2D eigenvalue weighted by Gasteiger charge is -2.12. The van der Waals surface area contributed by atoms with Gasteiger partial charge in [0, 0.05) is 21.4 Å². The Morgan fingerprint density at radius 2 is 1.76 bits per heavy atom. The second kappa shape index (κ2) is 9.89. The van der Waals surface area contributed by atoms with Crippen molar-refractivity contribution in [3.05, 3.63) is 83.7 Å². The number of nitrogens with zero attached hydrogens (tertiary/aromatic N) is 2. The molecule has 1 aromatic heterocycles. The van der Waals surface area contributed by atoms with Crippen LogP contribution < -0.4 is 4.74 Å². The summed E-state index contributed by atoms with van der Waals surface area (Å²) >= 11 is 1.63. The van der Waals surface area contributed by atoms with Gasteiger partial charge in [-0.15, -0.1) is 18.2 Å². The van der Waals surface area contributed by atoms with Crippen molar-refractivity contribution in [2.24, 2.45) is 0 Å². The van der Waals surface area contributed by atoms with Crippen molar-refractivity contribution in [2.45, 2.75) is 24.7 Å². The average Bonchev–Trinajstić information content (AvgIpc) is 2.86. The molecule has 0 aliphatic heterocycles.